The first-order valence-corrected chi connectivity index (χ1v) is 7.42. The van der Waals surface area contributed by atoms with Crippen LogP contribution in [0.5, 0.6) is 0 Å². The molecule has 0 aliphatic carbocycles. The smallest absolute Gasteiger partial charge is 0.221 e. The minimum atomic E-state index is -0.0995. The summed E-state index contributed by atoms with van der Waals surface area (Å²) in [5.74, 6) is 0.432. The molecule has 2 amide bonds. The highest BCUT2D eigenvalue weighted by molar-refractivity contribution is 5.88. The summed E-state index contributed by atoms with van der Waals surface area (Å²) in [4.78, 5) is 23.1. The van der Waals surface area contributed by atoms with Crippen LogP contribution in [0.25, 0.3) is 0 Å². The summed E-state index contributed by atoms with van der Waals surface area (Å²) >= 11 is 0. The average Bonchev–Trinajstić information content (AvgIpc) is 2.90. The SMILES string of the molecule is CC(=O)Nc1cccc(C(C)NC(=O)CC2CCNC2)c1.Cl. The molecule has 1 aromatic rings. The highest BCUT2D eigenvalue weighted by atomic mass is 35.5. The Morgan fingerprint density at radius 1 is 1.41 bits per heavy atom. The van der Waals surface area contributed by atoms with Crippen LogP contribution in [0, 0.1) is 5.92 Å². The lowest BCUT2D eigenvalue weighted by molar-refractivity contribution is -0.122. The van der Waals surface area contributed by atoms with Crippen molar-refractivity contribution in [3.05, 3.63) is 29.8 Å². The third-order valence-electron chi connectivity index (χ3n) is 3.72. The maximum absolute atomic E-state index is 12.0. The van der Waals surface area contributed by atoms with Gasteiger partial charge in [0, 0.05) is 19.0 Å². The summed E-state index contributed by atoms with van der Waals surface area (Å²) in [7, 11) is 0. The van der Waals surface area contributed by atoms with Gasteiger partial charge in [0.25, 0.3) is 0 Å². The molecule has 1 fully saturated rings. The summed E-state index contributed by atoms with van der Waals surface area (Å²) in [6, 6.07) is 7.49. The van der Waals surface area contributed by atoms with Crippen molar-refractivity contribution in [1.29, 1.82) is 0 Å². The van der Waals surface area contributed by atoms with Crippen LogP contribution in [0.15, 0.2) is 24.3 Å². The molecule has 0 saturated carbocycles. The van der Waals surface area contributed by atoms with Gasteiger partial charge < -0.3 is 16.0 Å². The summed E-state index contributed by atoms with van der Waals surface area (Å²) in [5, 5.41) is 9.04. The Labute approximate surface area is 137 Å². The van der Waals surface area contributed by atoms with E-state index in [9.17, 15) is 9.59 Å². The van der Waals surface area contributed by atoms with E-state index in [2.05, 4.69) is 16.0 Å². The van der Waals surface area contributed by atoms with Crippen molar-refractivity contribution in [1.82, 2.24) is 10.6 Å². The number of hydrogen-bond donors (Lipinski definition) is 3. The minimum Gasteiger partial charge on any atom is -0.350 e. The lowest BCUT2D eigenvalue weighted by atomic mass is 10.0. The quantitative estimate of drug-likeness (QED) is 0.777. The Hall–Kier alpha value is -1.59. The number of carbonyl (C=O) groups is 2. The summed E-state index contributed by atoms with van der Waals surface area (Å²) in [6.45, 7) is 5.37. The number of rotatable bonds is 5. The summed E-state index contributed by atoms with van der Waals surface area (Å²) in [6.07, 6.45) is 1.64. The van der Waals surface area contributed by atoms with Crippen molar-refractivity contribution in [3.8, 4) is 0 Å². The van der Waals surface area contributed by atoms with E-state index in [-0.39, 0.29) is 30.3 Å². The van der Waals surface area contributed by atoms with Crippen LogP contribution in [0.1, 0.15) is 38.3 Å². The number of amides is 2. The van der Waals surface area contributed by atoms with Crippen molar-refractivity contribution in [2.24, 2.45) is 5.92 Å². The number of carbonyl (C=O) groups excluding carboxylic acids is 2. The molecule has 122 valence electrons. The van der Waals surface area contributed by atoms with Gasteiger partial charge in [-0.2, -0.15) is 0 Å². The second kappa shape index (κ2) is 8.76. The van der Waals surface area contributed by atoms with Crippen molar-refractivity contribution in [3.63, 3.8) is 0 Å². The van der Waals surface area contributed by atoms with Crippen LogP contribution in [-0.4, -0.2) is 24.9 Å². The Morgan fingerprint density at radius 3 is 2.82 bits per heavy atom. The molecule has 6 heteroatoms. The minimum absolute atomic E-state index is 0. The van der Waals surface area contributed by atoms with Crippen LogP contribution < -0.4 is 16.0 Å². The molecule has 3 N–H and O–H groups in total. The largest absolute Gasteiger partial charge is 0.350 e. The van der Waals surface area contributed by atoms with E-state index >= 15 is 0 Å². The van der Waals surface area contributed by atoms with Gasteiger partial charge in [-0.05, 0) is 50.0 Å². The fourth-order valence-corrected chi connectivity index (χ4v) is 2.62. The Bertz CT molecular complexity index is 516. The van der Waals surface area contributed by atoms with Crippen LogP contribution in [-0.2, 0) is 9.59 Å². The van der Waals surface area contributed by atoms with Crippen LogP contribution >= 0.6 is 12.4 Å². The Morgan fingerprint density at radius 2 is 2.18 bits per heavy atom. The first-order chi connectivity index (χ1) is 10.0. The van der Waals surface area contributed by atoms with Gasteiger partial charge >= 0.3 is 0 Å². The van der Waals surface area contributed by atoms with Gasteiger partial charge in [-0.15, -0.1) is 12.4 Å². The molecule has 2 atom stereocenters. The summed E-state index contributed by atoms with van der Waals surface area (Å²) < 4.78 is 0. The van der Waals surface area contributed by atoms with Crippen molar-refractivity contribution in [2.45, 2.75) is 32.7 Å². The molecule has 2 unspecified atom stereocenters. The molecule has 1 saturated heterocycles. The number of anilines is 1. The first-order valence-electron chi connectivity index (χ1n) is 7.42. The molecule has 1 aliphatic rings. The molecule has 0 spiro atoms. The van der Waals surface area contributed by atoms with Gasteiger partial charge in [-0.3, -0.25) is 9.59 Å². The molecular formula is C16H24ClN3O2. The number of hydrogen-bond acceptors (Lipinski definition) is 3. The molecule has 1 heterocycles. The molecule has 1 aromatic carbocycles. The molecule has 2 rings (SSSR count). The van der Waals surface area contributed by atoms with E-state index in [4.69, 9.17) is 0 Å². The van der Waals surface area contributed by atoms with Gasteiger partial charge in [0.1, 0.15) is 0 Å². The zero-order chi connectivity index (χ0) is 15.2. The molecule has 1 aliphatic heterocycles. The lowest BCUT2D eigenvalue weighted by Gasteiger charge is -2.17. The molecule has 0 bridgehead atoms. The maximum Gasteiger partial charge on any atom is 0.221 e. The zero-order valence-corrected chi connectivity index (χ0v) is 13.8. The fraction of sp³-hybridized carbons (Fsp3) is 0.500. The average molecular weight is 326 g/mol. The monoisotopic (exact) mass is 325 g/mol. The number of benzene rings is 1. The predicted octanol–water partition coefficient (Wildman–Crippen LogP) is 2.24. The third kappa shape index (κ3) is 5.66. The third-order valence-corrected chi connectivity index (χ3v) is 3.72. The Kier molecular flexibility index (Phi) is 7.35. The molecular weight excluding hydrogens is 302 g/mol. The molecule has 0 radical (unpaired) electrons. The molecule has 0 aromatic heterocycles. The molecule has 5 nitrogen and oxygen atoms in total. The van der Waals surface area contributed by atoms with E-state index in [0.717, 1.165) is 30.8 Å². The van der Waals surface area contributed by atoms with E-state index in [0.29, 0.717) is 12.3 Å². The van der Waals surface area contributed by atoms with Gasteiger partial charge in [0.2, 0.25) is 11.8 Å². The van der Waals surface area contributed by atoms with Gasteiger partial charge in [0.15, 0.2) is 0 Å². The fourth-order valence-electron chi connectivity index (χ4n) is 2.62. The van der Waals surface area contributed by atoms with Gasteiger partial charge in [0.05, 0.1) is 6.04 Å². The zero-order valence-electron chi connectivity index (χ0n) is 13.0. The topological polar surface area (TPSA) is 70.2 Å². The van der Waals surface area contributed by atoms with Crippen LogP contribution in [0.4, 0.5) is 5.69 Å². The predicted molar refractivity (Wildman–Crippen MR) is 90.1 cm³/mol. The van der Waals surface area contributed by atoms with E-state index in [1.54, 1.807) is 0 Å². The highest BCUT2D eigenvalue weighted by Gasteiger charge is 2.19. The van der Waals surface area contributed by atoms with Crippen molar-refractivity contribution >= 4 is 29.9 Å². The van der Waals surface area contributed by atoms with Gasteiger partial charge in [-0.25, -0.2) is 0 Å². The Balaban J connectivity index is 0.00000242. The lowest BCUT2D eigenvalue weighted by Crippen LogP contribution is -2.29. The molecule has 22 heavy (non-hydrogen) atoms. The van der Waals surface area contributed by atoms with E-state index < -0.39 is 0 Å². The second-order valence-electron chi connectivity index (χ2n) is 5.66. The summed E-state index contributed by atoms with van der Waals surface area (Å²) in [5.41, 5.74) is 1.74. The number of halogens is 1. The maximum atomic E-state index is 12.0. The normalized spacial score (nSPS) is 18.2. The van der Waals surface area contributed by atoms with Crippen LogP contribution in [0.2, 0.25) is 0 Å². The standard InChI is InChI=1S/C16H23N3O2.ClH/c1-11(18-16(21)8-13-6-7-17-10-13)14-4-3-5-15(9-14)19-12(2)20;/h3-5,9,11,13,17H,6-8,10H2,1-2H3,(H,18,21)(H,19,20);1H. The van der Waals surface area contributed by atoms with Gasteiger partial charge in [-0.1, -0.05) is 12.1 Å². The van der Waals surface area contributed by atoms with E-state index in [1.807, 2.05) is 31.2 Å². The number of nitrogens with one attached hydrogen (secondary N) is 3. The highest BCUT2D eigenvalue weighted by Crippen LogP contribution is 2.18. The van der Waals surface area contributed by atoms with Crippen LogP contribution in [0.3, 0.4) is 0 Å². The van der Waals surface area contributed by atoms with Crippen molar-refractivity contribution in [2.75, 3.05) is 18.4 Å². The van der Waals surface area contributed by atoms with Crippen molar-refractivity contribution < 1.29 is 9.59 Å². The first kappa shape index (κ1) is 18.5. The van der Waals surface area contributed by atoms with E-state index in [1.165, 1.54) is 6.92 Å². The second-order valence-corrected chi connectivity index (χ2v) is 5.66.